The average molecular weight is 335 g/mol. The zero-order chi connectivity index (χ0) is 16.7. The summed E-state index contributed by atoms with van der Waals surface area (Å²) in [6.07, 6.45) is 0.848. The lowest BCUT2D eigenvalue weighted by molar-refractivity contribution is 0.102. The van der Waals surface area contributed by atoms with Crippen molar-refractivity contribution in [1.29, 1.82) is 0 Å². The fraction of sp³-hybridized carbons (Fsp3) is 0.312. The van der Waals surface area contributed by atoms with Crippen LogP contribution in [-0.2, 0) is 4.74 Å². The van der Waals surface area contributed by atoms with Crippen LogP contribution in [0.2, 0.25) is 5.02 Å². The largest absolute Gasteiger partial charge is 0.385 e. The van der Waals surface area contributed by atoms with Crippen molar-refractivity contribution >= 4 is 29.0 Å². The van der Waals surface area contributed by atoms with E-state index in [2.05, 4.69) is 20.6 Å². The van der Waals surface area contributed by atoms with Crippen LogP contribution in [0.1, 0.15) is 22.7 Å². The number of methoxy groups -OCH3 is 1. The predicted molar refractivity (Wildman–Crippen MR) is 91.2 cm³/mol. The molecule has 0 saturated carbocycles. The molecule has 1 heterocycles. The summed E-state index contributed by atoms with van der Waals surface area (Å²) < 4.78 is 4.99. The van der Waals surface area contributed by atoms with E-state index in [0.29, 0.717) is 35.5 Å². The molecule has 1 aromatic heterocycles. The summed E-state index contributed by atoms with van der Waals surface area (Å²) in [5, 5.41) is 6.38. The summed E-state index contributed by atoms with van der Waals surface area (Å²) in [5.74, 6) is 0.799. The molecule has 2 N–H and O–H groups in total. The molecule has 0 aliphatic heterocycles. The van der Waals surface area contributed by atoms with Gasteiger partial charge in [0, 0.05) is 26.3 Å². The van der Waals surface area contributed by atoms with Gasteiger partial charge in [-0.3, -0.25) is 4.79 Å². The van der Waals surface area contributed by atoms with Crippen LogP contribution >= 0.6 is 11.6 Å². The number of anilines is 2. The number of para-hydroxylation sites is 1. The first-order valence-electron chi connectivity index (χ1n) is 7.24. The molecule has 0 aliphatic carbocycles. The number of halogens is 1. The maximum absolute atomic E-state index is 12.3. The molecule has 23 heavy (non-hydrogen) atoms. The third-order valence-corrected chi connectivity index (χ3v) is 3.35. The van der Waals surface area contributed by atoms with Crippen molar-refractivity contribution in [3.05, 3.63) is 46.9 Å². The van der Waals surface area contributed by atoms with Crippen LogP contribution in [0.25, 0.3) is 0 Å². The first-order chi connectivity index (χ1) is 11.1. The Bertz CT molecular complexity index is 679. The van der Waals surface area contributed by atoms with Gasteiger partial charge in [0.05, 0.1) is 10.7 Å². The van der Waals surface area contributed by atoms with Gasteiger partial charge in [0.2, 0.25) is 0 Å². The number of ether oxygens (including phenoxy) is 1. The molecular formula is C16H19ClN4O2. The zero-order valence-electron chi connectivity index (χ0n) is 13.1. The highest BCUT2D eigenvalue weighted by Gasteiger charge is 2.12. The molecule has 0 radical (unpaired) electrons. The minimum absolute atomic E-state index is 0.284. The van der Waals surface area contributed by atoms with Gasteiger partial charge in [0.1, 0.15) is 17.3 Å². The van der Waals surface area contributed by atoms with Gasteiger partial charge in [-0.05, 0) is 25.5 Å². The van der Waals surface area contributed by atoms with Crippen molar-refractivity contribution in [1.82, 2.24) is 9.97 Å². The van der Waals surface area contributed by atoms with Gasteiger partial charge in [-0.15, -0.1) is 0 Å². The standard InChI is InChI=1S/C16H19ClN4O2/c1-11-19-14(10-15(20-11)18-8-5-9-23-2)16(22)21-13-7-4-3-6-12(13)17/h3-4,6-7,10H,5,8-9H2,1-2H3,(H,21,22)(H,18,19,20). The number of nitrogens with one attached hydrogen (secondary N) is 2. The van der Waals surface area contributed by atoms with E-state index in [1.807, 2.05) is 0 Å². The average Bonchev–Trinajstić information content (AvgIpc) is 2.53. The lowest BCUT2D eigenvalue weighted by atomic mass is 10.3. The lowest BCUT2D eigenvalue weighted by Crippen LogP contribution is -2.16. The SMILES string of the molecule is COCCCNc1cc(C(=O)Nc2ccccc2Cl)nc(C)n1. The number of amides is 1. The van der Waals surface area contributed by atoms with Gasteiger partial charge < -0.3 is 15.4 Å². The van der Waals surface area contributed by atoms with E-state index in [0.717, 1.165) is 6.42 Å². The smallest absolute Gasteiger partial charge is 0.274 e. The number of hydrogen-bond donors (Lipinski definition) is 2. The Balaban J connectivity index is 2.08. The summed E-state index contributed by atoms with van der Waals surface area (Å²) in [4.78, 5) is 20.8. The molecule has 1 amide bonds. The maximum atomic E-state index is 12.3. The highest BCUT2D eigenvalue weighted by Crippen LogP contribution is 2.21. The van der Waals surface area contributed by atoms with E-state index in [1.54, 1.807) is 44.4 Å². The van der Waals surface area contributed by atoms with Gasteiger partial charge in [0.15, 0.2) is 0 Å². The van der Waals surface area contributed by atoms with Gasteiger partial charge in [-0.2, -0.15) is 0 Å². The lowest BCUT2D eigenvalue weighted by Gasteiger charge is -2.09. The molecule has 1 aromatic carbocycles. The summed E-state index contributed by atoms with van der Waals surface area (Å²) in [5.41, 5.74) is 0.830. The fourth-order valence-electron chi connectivity index (χ4n) is 1.96. The Labute approximate surface area is 140 Å². The third kappa shape index (κ3) is 5.19. The number of hydrogen-bond acceptors (Lipinski definition) is 5. The summed E-state index contributed by atoms with van der Waals surface area (Å²) in [6, 6.07) is 8.67. The molecule has 0 bridgehead atoms. The Hall–Kier alpha value is -2.18. The second-order valence-electron chi connectivity index (χ2n) is 4.89. The monoisotopic (exact) mass is 334 g/mol. The Morgan fingerprint density at radius 2 is 2.09 bits per heavy atom. The fourth-order valence-corrected chi connectivity index (χ4v) is 2.14. The number of benzene rings is 1. The summed E-state index contributed by atoms with van der Waals surface area (Å²) >= 11 is 6.04. The van der Waals surface area contributed by atoms with E-state index in [-0.39, 0.29) is 11.6 Å². The van der Waals surface area contributed by atoms with E-state index in [1.165, 1.54) is 0 Å². The van der Waals surface area contributed by atoms with Crippen LogP contribution in [0.5, 0.6) is 0 Å². The molecule has 0 fully saturated rings. The maximum Gasteiger partial charge on any atom is 0.274 e. The molecule has 6 nitrogen and oxygen atoms in total. The molecule has 0 spiro atoms. The normalized spacial score (nSPS) is 10.4. The van der Waals surface area contributed by atoms with Gasteiger partial charge in [-0.25, -0.2) is 9.97 Å². The number of carbonyl (C=O) groups is 1. The molecule has 0 saturated heterocycles. The Kier molecular flexibility index (Phi) is 6.31. The van der Waals surface area contributed by atoms with Crippen LogP contribution in [0.3, 0.4) is 0 Å². The van der Waals surface area contributed by atoms with Gasteiger partial charge in [0.25, 0.3) is 5.91 Å². The van der Waals surface area contributed by atoms with E-state index in [4.69, 9.17) is 16.3 Å². The minimum Gasteiger partial charge on any atom is -0.385 e. The summed E-state index contributed by atoms with van der Waals surface area (Å²) in [6.45, 7) is 3.11. The van der Waals surface area contributed by atoms with Crippen molar-refractivity contribution in [2.45, 2.75) is 13.3 Å². The second kappa shape index (κ2) is 8.45. The van der Waals surface area contributed by atoms with E-state index in [9.17, 15) is 4.79 Å². The third-order valence-electron chi connectivity index (χ3n) is 3.02. The minimum atomic E-state index is -0.330. The first-order valence-corrected chi connectivity index (χ1v) is 7.62. The van der Waals surface area contributed by atoms with Crippen molar-refractivity contribution < 1.29 is 9.53 Å². The molecule has 122 valence electrons. The molecular weight excluding hydrogens is 316 g/mol. The molecule has 7 heteroatoms. The highest BCUT2D eigenvalue weighted by atomic mass is 35.5. The summed E-state index contributed by atoms with van der Waals surface area (Å²) in [7, 11) is 1.66. The molecule has 0 unspecified atom stereocenters. The predicted octanol–water partition coefficient (Wildman–Crippen LogP) is 3.14. The quantitative estimate of drug-likeness (QED) is 0.761. The number of nitrogens with zero attached hydrogens (tertiary/aromatic N) is 2. The first kappa shape index (κ1) is 17.2. The molecule has 0 atom stereocenters. The van der Waals surface area contributed by atoms with Crippen LogP contribution in [0.4, 0.5) is 11.5 Å². The second-order valence-corrected chi connectivity index (χ2v) is 5.30. The number of aryl methyl sites for hydroxylation is 1. The number of rotatable bonds is 7. The van der Waals surface area contributed by atoms with Crippen LogP contribution < -0.4 is 10.6 Å². The highest BCUT2D eigenvalue weighted by molar-refractivity contribution is 6.33. The van der Waals surface area contributed by atoms with E-state index < -0.39 is 0 Å². The van der Waals surface area contributed by atoms with Crippen molar-refractivity contribution in [2.75, 3.05) is 30.9 Å². The van der Waals surface area contributed by atoms with Crippen LogP contribution in [0.15, 0.2) is 30.3 Å². The zero-order valence-corrected chi connectivity index (χ0v) is 13.9. The molecule has 2 aromatic rings. The van der Waals surface area contributed by atoms with Crippen molar-refractivity contribution in [3.63, 3.8) is 0 Å². The Morgan fingerprint density at radius 3 is 2.83 bits per heavy atom. The topological polar surface area (TPSA) is 76.1 Å². The van der Waals surface area contributed by atoms with Crippen molar-refractivity contribution in [2.24, 2.45) is 0 Å². The van der Waals surface area contributed by atoms with Crippen LogP contribution in [-0.4, -0.2) is 36.1 Å². The van der Waals surface area contributed by atoms with Gasteiger partial charge >= 0.3 is 0 Å². The number of aromatic nitrogens is 2. The van der Waals surface area contributed by atoms with Crippen molar-refractivity contribution in [3.8, 4) is 0 Å². The van der Waals surface area contributed by atoms with Gasteiger partial charge in [-0.1, -0.05) is 23.7 Å². The molecule has 2 rings (SSSR count). The van der Waals surface area contributed by atoms with E-state index >= 15 is 0 Å². The van der Waals surface area contributed by atoms with Crippen LogP contribution in [0, 0.1) is 6.92 Å². The molecule has 0 aliphatic rings. The number of carbonyl (C=O) groups excluding carboxylic acids is 1. The Morgan fingerprint density at radius 1 is 1.30 bits per heavy atom.